The summed E-state index contributed by atoms with van der Waals surface area (Å²) in [6, 6.07) is 13.6. The van der Waals surface area contributed by atoms with Gasteiger partial charge in [0.25, 0.3) is 0 Å². The van der Waals surface area contributed by atoms with Crippen molar-refractivity contribution in [3.8, 4) is 5.75 Å². The zero-order chi connectivity index (χ0) is 15.4. The fourth-order valence-corrected chi connectivity index (χ4v) is 2.56. The van der Waals surface area contributed by atoms with Gasteiger partial charge in [0.1, 0.15) is 5.75 Å². The number of hydrazine groups is 1. The number of hydrogen-bond acceptors (Lipinski definition) is 3. The monoisotopic (exact) mass is 304 g/mol. The van der Waals surface area contributed by atoms with Crippen LogP contribution >= 0.6 is 11.6 Å². The van der Waals surface area contributed by atoms with Crippen LogP contribution in [0.2, 0.25) is 5.02 Å². The molecule has 0 aromatic heterocycles. The molecular weight excluding hydrogens is 284 g/mol. The van der Waals surface area contributed by atoms with E-state index in [1.54, 1.807) is 0 Å². The van der Waals surface area contributed by atoms with Crippen molar-refractivity contribution in [1.29, 1.82) is 0 Å². The Labute approximate surface area is 131 Å². The molecule has 0 fully saturated rings. The Morgan fingerprint density at radius 2 is 1.71 bits per heavy atom. The predicted octanol–water partition coefficient (Wildman–Crippen LogP) is 3.99. The maximum absolute atomic E-state index is 6.44. The second-order valence-electron chi connectivity index (χ2n) is 5.28. The van der Waals surface area contributed by atoms with E-state index in [4.69, 9.17) is 22.2 Å². The highest BCUT2D eigenvalue weighted by Crippen LogP contribution is 2.34. The molecule has 1 unspecified atom stereocenters. The Balaban J connectivity index is 2.49. The molecule has 2 aromatic carbocycles. The van der Waals surface area contributed by atoms with Crippen LogP contribution in [0.25, 0.3) is 0 Å². The molecule has 0 spiro atoms. The average Bonchev–Trinajstić information content (AvgIpc) is 2.45. The van der Waals surface area contributed by atoms with Gasteiger partial charge in [-0.2, -0.15) is 0 Å². The zero-order valence-electron chi connectivity index (χ0n) is 12.6. The summed E-state index contributed by atoms with van der Waals surface area (Å²) in [4.78, 5) is 0. The number of halogens is 1. The van der Waals surface area contributed by atoms with E-state index in [-0.39, 0.29) is 12.1 Å². The Morgan fingerprint density at radius 3 is 2.38 bits per heavy atom. The highest BCUT2D eigenvalue weighted by molar-refractivity contribution is 6.32. The van der Waals surface area contributed by atoms with Gasteiger partial charge in [0.2, 0.25) is 0 Å². The molecule has 2 rings (SSSR count). The number of nitrogens with one attached hydrogen (secondary N) is 1. The number of benzene rings is 2. The van der Waals surface area contributed by atoms with Crippen molar-refractivity contribution in [1.82, 2.24) is 5.43 Å². The number of hydrogen-bond donors (Lipinski definition) is 2. The van der Waals surface area contributed by atoms with Crippen LogP contribution in [0.4, 0.5) is 0 Å². The third kappa shape index (κ3) is 3.56. The molecule has 0 aliphatic heterocycles. The molecule has 0 radical (unpaired) electrons. The van der Waals surface area contributed by atoms with Crippen LogP contribution in [-0.4, -0.2) is 6.10 Å². The number of nitrogens with two attached hydrogens (primary N) is 1. The molecule has 3 N–H and O–H groups in total. The highest BCUT2D eigenvalue weighted by atomic mass is 35.5. The number of para-hydroxylation sites is 1. The molecule has 0 saturated carbocycles. The summed E-state index contributed by atoms with van der Waals surface area (Å²) in [6.07, 6.45) is 0.0950. The number of ether oxygens (including phenoxy) is 1. The van der Waals surface area contributed by atoms with Gasteiger partial charge in [0.15, 0.2) is 0 Å². The van der Waals surface area contributed by atoms with E-state index in [2.05, 4.69) is 5.43 Å². The largest absolute Gasteiger partial charge is 0.491 e. The number of rotatable bonds is 5. The van der Waals surface area contributed by atoms with E-state index in [9.17, 15) is 0 Å². The third-order valence-electron chi connectivity index (χ3n) is 3.29. The van der Waals surface area contributed by atoms with Crippen molar-refractivity contribution >= 4 is 11.6 Å². The molecule has 0 saturated heterocycles. The summed E-state index contributed by atoms with van der Waals surface area (Å²) in [6.45, 7) is 5.98. The van der Waals surface area contributed by atoms with E-state index in [0.717, 1.165) is 27.5 Å². The lowest BCUT2D eigenvalue weighted by Crippen LogP contribution is -2.29. The van der Waals surface area contributed by atoms with Gasteiger partial charge in [-0.05, 0) is 38.0 Å². The molecule has 0 bridgehead atoms. The summed E-state index contributed by atoms with van der Waals surface area (Å²) in [5, 5.41) is 0.722. The lowest BCUT2D eigenvalue weighted by Gasteiger charge is -2.23. The van der Waals surface area contributed by atoms with Crippen molar-refractivity contribution in [3.63, 3.8) is 0 Å². The van der Waals surface area contributed by atoms with Crippen molar-refractivity contribution in [2.24, 2.45) is 5.84 Å². The van der Waals surface area contributed by atoms with E-state index in [1.165, 1.54) is 0 Å². The Morgan fingerprint density at radius 1 is 1.05 bits per heavy atom. The predicted molar refractivity (Wildman–Crippen MR) is 87.6 cm³/mol. The maximum Gasteiger partial charge on any atom is 0.124 e. The highest BCUT2D eigenvalue weighted by Gasteiger charge is 2.20. The summed E-state index contributed by atoms with van der Waals surface area (Å²) < 4.78 is 5.88. The Hall–Kier alpha value is -1.55. The smallest absolute Gasteiger partial charge is 0.124 e. The minimum absolute atomic E-state index is 0.0950. The van der Waals surface area contributed by atoms with Crippen LogP contribution in [0.5, 0.6) is 5.75 Å². The normalized spacial score (nSPS) is 12.5. The third-order valence-corrected chi connectivity index (χ3v) is 3.81. The second-order valence-corrected chi connectivity index (χ2v) is 5.66. The SMILES string of the molecule is Cc1cccc(C(NN)c2ccccc2OC(C)C)c1Cl. The molecular formula is C17H21ClN2O. The minimum Gasteiger partial charge on any atom is -0.491 e. The van der Waals surface area contributed by atoms with Gasteiger partial charge in [0, 0.05) is 10.6 Å². The average molecular weight is 305 g/mol. The lowest BCUT2D eigenvalue weighted by atomic mass is 9.97. The van der Waals surface area contributed by atoms with Crippen molar-refractivity contribution in [2.75, 3.05) is 0 Å². The molecule has 0 heterocycles. The van der Waals surface area contributed by atoms with E-state index >= 15 is 0 Å². The molecule has 2 aromatic rings. The summed E-state index contributed by atoms with van der Waals surface area (Å²) in [5.41, 5.74) is 5.79. The van der Waals surface area contributed by atoms with Gasteiger partial charge in [-0.15, -0.1) is 0 Å². The first-order valence-corrected chi connectivity index (χ1v) is 7.39. The van der Waals surface area contributed by atoms with Crippen LogP contribution in [0.15, 0.2) is 42.5 Å². The summed E-state index contributed by atoms with van der Waals surface area (Å²) >= 11 is 6.44. The van der Waals surface area contributed by atoms with E-state index in [1.807, 2.05) is 63.2 Å². The van der Waals surface area contributed by atoms with Gasteiger partial charge in [-0.3, -0.25) is 5.84 Å². The fraction of sp³-hybridized carbons (Fsp3) is 0.294. The lowest BCUT2D eigenvalue weighted by molar-refractivity contribution is 0.238. The Bertz CT molecular complexity index is 613. The molecule has 0 amide bonds. The molecule has 4 heteroatoms. The fourth-order valence-electron chi connectivity index (χ4n) is 2.32. The molecule has 21 heavy (non-hydrogen) atoms. The summed E-state index contributed by atoms with van der Waals surface area (Å²) in [7, 11) is 0. The van der Waals surface area contributed by atoms with Gasteiger partial charge >= 0.3 is 0 Å². The molecule has 112 valence electrons. The first-order valence-electron chi connectivity index (χ1n) is 7.01. The molecule has 3 nitrogen and oxygen atoms in total. The van der Waals surface area contributed by atoms with E-state index < -0.39 is 0 Å². The zero-order valence-corrected chi connectivity index (χ0v) is 13.3. The van der Waals surface area contributed by atoms with E-state index in [0.29, 0.717) is 0 Å². The quantitative estimate of drug-likeness (QED) is 0.648. The first-order chi connectivity index (χ1) is 10.0. The topological polar surface area (TPSA) is 47.3 Å². The van der Waals surface area contributed by atoms with Crippen LogP contribution < -0.4 is 16.0 Å². The van der Waals surface area contributed by atoms with Crippen LogP contribution in [0.3, 0.4) is 0 Å². The Kier molecular flexibility index (Phi) is 5.23. The van der Waals surface area contributed by atoms with Crippen molar-refractivity contribution in [2.45, 2.75) is 32.9 Å². The van der Waals surface area contributed by atoms with Crippen LogP contribution in [0, 0.1) is 6.92 Å². The number of aryl methyl sites for hydroxylation is 1. The molecule has 0 aliphatic carbocycles. The van der Waals surface area contributed by atoms with Crippen LogP contribution in [0.1, 0.15) is 36.6 Å². The van der Waals surface area contributed by atoms with Crippen molar-refractivity contribution in [3.05, 3.63) is 64.2 Å². The second kappa shape index (κ2) is 6.94. The van der Waals surface area contributed by atoms with Gasteiger partial charge in [-0.25, -0.2) is 5.43 Å². The molecule has 1 atom stereocenters. The van der Waals surface area contributed by atoms with Crippen molar-refractivity contribution < 1.29 is 4.74 Å². The van der Waals surface area contributed by atoms with Gasteiger partial charge in [-0.1, -0.05) is 48.0 Å². The summed E-state index contributed by atoms with van der Waals surface area (Å²) in [5.74, 6) is 6.60. The van der Waals surface area contributed by atoms with Gasteiger partial charge < -0.3 is 4.74 Å². The minimum atomic E-state index is -0.215. The first kappa shape index (κ1) is 15.8. The standard InChI is InChI=1S/C17H21ClN2O/c1-11(2)21-15-10-5-4-8-13(15)17(20-19)14-9-6-7-12(3)16(14)18/h4-11,17,20H,19H2,1-3H3. The van der Waals surface area contributed by atoms with Crippen LogP contribution in [-0.2, 0) is 0 Å². The molecule has 0 aliphatic rings. The van der Waals surface area contributed by atoms with Gasteiger partial charge in [0.05, 0.1) is 12.1 Å². The maximum atomic E-state index is 6.44.